The Morgan fingerprint density at radius 1 is 1.00 bits per heavy atom. The number of amides is 1. The van der Waals surface area contributed by atoms with Crippen LogP contribution in [0.3, 0.4) is 0 Å². The van der Waals surface area contributed by atoms with Gasteiger partial charge in [-0.3, -0.25) is 0 Å². The highest BCUT2D eigenvalue weighted by Crippen LogP contribution is 2.32. The van der Waals surface area contributed by atoms with E-state index in [2.05, 4.69) is 0 Å². The van der Waals surface area contributed by atoms with E-state index < -0.39 is 29.5 Å². The maximum atomic E-state index is 12.8. The number of benzene rings is 2. The molecule has 158 valence electrons. The number of carbonyl (C=O) groups is 1. The number of rotatable bonds is 6. The van der Waals surface area contributed by atoms with Crippen LogP contribution in [0.5, 0.6) is 5.75 Å². The van der Waals surface area contributed by atoms with Crippen LogP contribution >= 0.6 is 0 Å². The molecular weight excluding hydrogens is 383 g/mol. The van der Waals surface area contributed by atoms with Crippen molar-refractivity contribution in [1.29, 1.82) is 0 Å². The first-order chi connectivity index (χ1) is 13.5. The van der Waals surface area contributed by atoms with Crippen molar-refractivity contribution < 1.29 is 27.4 Å². The van der Waals surface area contributed by atoms with E-state index in [1.807, 2.05) is 30.3 Å². The molecule has 1 atom stereocenters. The lowest BCUT2D eigenvalue weighted by Crippen LogP contribution is -2.35. The van der Waals surface area contributed by atoms with Crippen molar-refractivity contribution in [2.24, 2.45) is 0 Å². The Morgan fingerprint density at radius 2 is 1.59 bits per heavy atom. The fraction of sp³-hybridized carbons (Fsp3) is 0.409. The van der Waals surface area contributed by atoms with Gasteiger partial charge in [0.15, 0.2) is 0 Å². The molecule has 29 heavy (non-hydrogen) atoms. The summed E-state index contributed by atoms with van der Waals surface area (Å²) in [7, 11) is 1.63. The van der Waals surface area contributed by atoms with Crippen LogP contribution in [-0.4, -0.2) is 30.2 Å². The van der Waals surface area contributed by atoms with Crippen LogP contribution in [0, 0.1) is 0 Å². The zero-order chi connectivity index (χ0) is 21.7. The van der Waals surface area contributed by atoms with Gasteiger partial charge in [0, 0.05) is 20.0 Å². The number of hydrogen-bond donors (Lipinski definition) is 0. The fourth-order valence-electron chi connectivity index (χ4n) is 2.59. The monoisotopic (exact) mass is 409 g/mol. The molecule has 2 aromatic carbocycles. The Balaban J connectivity index is 2.09. The van der Waals surface area contributed by atoms with Gasteiger partial charge in [-0.05, 0) is 50.6 Å². The van der Waals surface area contributed by atoms with Gasteiger partial charge in [-0.2, -0.15) is 13.2 Å². The molecular formula is C22H26F3NO3. The molecule has 0 saturated carbocycles. The molecule has 0 radical (unpaired) electrons. The van der Waals surface area contributed by atoms with E-state index in [0.717, 1.165) is 17.7 Å². The first-order valence-electron chi connectivity index (χ1n) is 9.29. The van der Waals surface area contributed by atoms with Gasteiger partial charge in [0.2, 0.25) is 0 Å². The average Bonchev–Trinajstić information content (AvgIpc) is 2.63. The summed E-state index contributed by atoms with van der Waals surface area (Å²) in [6.45, 7) is 5.73. The topological polar surface area (TPSA) is 38.8 Å². The summed E-state index contributed by atoms with van der Waals surface area (Å²) in [6.07, 6.45) is -4.83. The SMILES string of the molecule is CN(CCC(Oc1ccc(C(F)(F)F)cc1)c1ccccc1)C(=O)OC(C)(C)C. The summed E-state index contributed by atoms with van der Waals surface area (Å²) in [5.74, 6) is 0.326. The van der Waals surface area contributed by atoms with E-state index in [1.165, 1.54) is 17.0 Å². The van der Waals surface area contributed by atoms with E-state index >= 15 is 0 Å². The normalized spacial score (nSPS) is 12.9. The van der Waals surface area contributed by atoms with Crippen LogP contribution in [0.1, 0.15) is 44.4 Å². The van der Waals surface area contributed by atoms with Crippen molar-refractivity contribution in [1.82, 2.24) is 4.90 Å². The van der Waals surface area contributed by atoms with E-state index in [-0.39, 0.29) is 0 Å². The van der Waals surface area contributed by atoms with Gasteiger partial charge in [-0.15, -0.1) is 0 Å². The fourth-order valence-corrected chi connectivity index (χ4v) is 2.59. The van der Waals surface area contributed by atoms with Crippen molar-refractivity contribution in [3.8, 4) is 5.75 Å². The highest BCUT2D eigenvalue weighted by Gasteiger charge is 2.30. The number of halogens is 3. The number of carbonyl (C=O) groups excluding carboxylic acids is 1. The number of hydrogen-bond acceptors (Lipinski definition) is 3. The van der Waals surface area contributed by atoms with Crippen LogP contribution < -0.4 is 4.74 Å². The Morgan fingerprint density at radius 3 is 2.10 bits per heavy atom. The zero-order valence-electron chi connectivity index (χ0n) is 17.0. The van der Waals surface area contributed by atoms with Crippen LogP contribution in [0.4, 0.5) is 18.0 Å². The summed E-state index contributed by atoms with van der Waals surface area (Å²) in [5.41, 5.74) is -0.461. The van der Waals surface area contributed by atoms with Crippen molar-refractivity contribution in [3.05, 3.63) is 65.7 Å². The molecule has 2 rings (SSSR count). The number of ether oxygens (including phenoxy) is 2. The second kappa shape index (κ2) is 9.20. The molecule has 0 aliphatic heterocycles. The van der Waals surface area contributed by atoms with Crippen LogP contribution in [0.2, 0.25) is 0 Å². The Kier molecular flexibility index (Phi) is 7.16. The van der Waals surface area contributed by atoms with Gasteiger partial charge in [0.25, 0.3) is 0 Å². The van der Waals surface area contributed by atoms with Crippen LogP contribution in [0.25, 0.3) is 0 Å². The first-order valence-corrected chi connectivity index (χ1v) is 9.29. The molecule has 0 N–H and O–H groups in total. The van der Waals surface area contributed by atoms with Crippen LogP contribution in [0.15, 0.2) is 54.6 Å². The van der Waals surface area contributed by atoms with Crippen molar-refractivity contribution in [3.63, 3.8) is 0 Å². The number of alkyl halides is 3. The van der Waals surface area contributed by atoms with Crippen molar-refractivity contribution >= 4 is 6.09 Å². The minimum atomic E-state index is -4.40. The third kappa shape index (κ3) is 7.33. The molecule has 0 saturated heterocycles. The zero-order valence-corrected chi connectivity index (χ0v) is 17.0. The maximum Gasteiger partial charge on any atom is 0.416 e. The van der Waals surface area contributed by atoms with Gasteiger partial charge in [-0.1, -0.05) is 30.3 Å². The summed E-state index contributed by atoms with van der Waals surface area (Å²) < 4.78 is 49.6. The molecule has 4 nitrogen and oxygen atoms in total. The molecule has 0 aromatic heterocycles. The molecule has 0 spiro atoms. The molecule has 0 aliphatic rings. The quantitative estimate of drug-likeness (QED) is 0.580. The highest BCUT2D eigenvalue weighted by atomic mass is 19.4. The summed E-state index contributed by atoms with van der Waals surface area (Å²) >= 11 is 0. The first kappa shape index (κ1) is 22.6. The van der Waals surface area contributed by atoms with E-state index in [9.17, 15) is 18.0 Å². The van der Waals surface area contributed by atoms with Gasteiger partial charge in [0.05, 0.1) is 5.56 Å². The van der Waals surface area contributed by atoms with E-state index in [1.54, 1.807) is 27.8 Å². The van der Waals surface area contributed by atoms with Crippen molar-refractivity contribution in [2.45, 2.75) is 45.1 Å². The molecule has 7 heteroatoms. The molecule has 0 heterocycles. The van der Waals surface area contributed by atoms with Crippen molar-refractivity contribution in [2.75, 3.05) is 13.6 Å². The third-order valence-corrected chi connectivity index (χ3v) is 4.06. The number of nitrogens with zero attached hydrogens (tertiary/aromatic N) is 1. The van der Waals surface area contributed by atoms with E-state index in [0.29, 0.717) is 18.7 Å². The average molecular weight is 409 g/mol. The van der Waals surface area contributed by atoms with Gasteiger partial charge in [-0.25, -0.2) is 4.79 Å². The maximum absolute atomic E-state index is 12.8. The molecule has 0 aliphatic carbocycles. The molecule has 2 aromatic rings. The third-order valence-electron chi connectivity index (χ3n) is 4.06. The molecule has 0 fully saturated rings. The van der Waals surface area contributed by atoms with Gasteiger partial charge < -0.3 is 14.4 Å². The van der Waals surface area contributed by atoms with Gasteiger partial charge in [0.1, 0.15) is 17.5 Å². The lowest BCUT2D eigenvalue weighted by atomic mass is 10.1. The Hall–Kier alpha value is -2.70. The Bertz CT molecular complexity index is 784. The van der Waals surface area contributed by atoms with Gasteiger partial charge >= 0.3 is 12.3 Å². The minimum Gasteiger partial charge on any atom is -0.486 e. The van der Waals surface area contributed by atoms with E-state index in [4.69, 9.17) is 9.47 Å². The summed E-state index contributed by atoms with van der Waals surface area (Å²) in [5, 5.41) is 0. The minimum absolute atomic E-state index is 0.326. The second-order valence-electron chi connectivity index (χ2n) is 7.73. The predicted molar refractivity (Wildman–Crippen MR) is 105 cm³/mol. The molecule has 0 bridgehead atoms. The molecule has 1 unspecified atom stereocenters. The Labute approximate surface area is 169 Å². The lowest BCUT2D eigenvalue weighted by molar-refractivity contribution is -0.137. The lowest BCUT2D eigenvalue weighted by Gasteiger charge is -2.26. The standard InChI is InChI=1S/C22H26F3NO3/c1-21(2,3)29-20(27)26(4)15-14-19(16-8-6-5-7-9-16)28-18-12-10-17(11-13-18)22(23,24)25/h5-13,19H,14-15H2,1-4H3. The molecule has 1 amide bonds. The summed E-state index contributed by atoms with van der Waals surface area (Å²) in [6, 6.07) is 13.9. The van der Waals surface area contributed by atoms with Crippen LogP contribution in [-0.2, 0) is 10.9 Å². The smallest absolute Gasteiger partial charge is 0.416 e. The highest BCUT2D eigenvalue weighted by molar-refractivity contribution is 5.67. The summed E-state index contributed by atoms with van der Waals surface area (Å²) in [4.78, 5) is 13.6. The largest absolute Gasteiger partial charge is 0.486 e. The predicted octanol–water partition coefficient (Wildman–Crippen LogP) is 6.08. The second-order valence-corrected chi connectivity index (χ2v) is 7.73.